The van der Waals surface area contributed by atoms with E-state index in [-0.39, 0.29) is 5.41 Å². The molecule has 3 nitrogen and oxygen atoms in total. The molecule has 3 aromatic carbocycles. The van der Waals surface area contributed by atoms with Crippen molar-refractivity contribution in [2.75, 3.05) is 32.8 Å². The quantitative estimate of drug-likeness (QED) is 0.587. The molecule has 0 radical (unpaired) electrons. The van der Waals surface area contributed by atoms with E-state index in [0.717, 1.165) is 67.0 Å². The van der Waals surface area contributed by atoms with Crippen LogP contribution in [0.1, 0.15) is 24.0 Å². The fourth-order valence-corrected chi connectivity index (χ4v) is 5.89. The zero-order chi connectivity index (χ0) is 20.5. The van der Waals surface area contributed by atoms with Gasteiger partial charge in [0.15, 0.2) is 0 Å². The summed E-state index contributed by atoms with van der Waals surface area (Å²) in [6, 6.07) is 30.6. The van der Waals surface area contributed by atoms with E-state index < -0.39 is 5.60 Å². The number of benzene rings is 3. The predicted octanol–water partition coefficient (Wildman–Crippen LogP) is 4.61. The van der Waals surface area contributed by atoms with Gasteiger partial charge in [0, 0.05) is 12.8 Å². The Labute approximate surface area is 179 Å². The minimum absolute atomic E-state index is 0.136. The van der Waals surface area contributed by atoms with Crippen LogP contribution in [-0.4, -0.2) is 42.4 Å². The van der Waals surface area contributed by atoms with E-state index in [1.165, 1.54) is 0 Å². The average Bonchev–Trinajstić information content (AvgIpc) is 3.38. The molecule has 2 fully saturated rings. The van der Waals surface area contributed by atoms with Crippen LogP contribution in [0.4, 0.5) is 0 Å². The summed E-state index contributed by atoms with van der Waals surface area (Å²) in [5.74, 6) is 0.936. The third-order valence-electron chi connectivity index (χ3n) is 7.50. The van der Waals surface area contributed by atoms with Crippen molar-refractivity contribution in [1.29, 1.82) is 0 Å². The molecule has 0 spiro atoms. The van der Waals surface area contributed by atoms with Gasteiger partial charge < -0.3 is 14.3 Å². The van der Waals surface area contributed by atoms with E-state index in [1.54, 1.807) is 0 Å². The first-order valence-corrected chi connectivity index (χ1v) is 11.0. The van der Waals surface area contributed by atoms with Crippen molar-refractivity contribution >= 4 is 0 Å². The Hall–Kier alpha value is -2.62. The number of hydrogen-bond acceptors (Lipinski definition) is 2. The standard InChI is InChI=1S/C27H30NO2/c29-27(23-10-4-1-5-11-23,24-12-6-2-7-13-24)26-16-18-28(22-26,19-17-26)20-21-30-25-14-8-3-9-15-25/h1-15,29H,16-22H2/q+1. The molecular formula is C27H30NO2+. The number of piperidine rings is 1. The van der Waals surface area contributed by atoms with Crippen LogP contribution >= 0.6 is 0 Å². The summed E-state index contributed by atoms with van der Waals surface area (Å²) in [6.07, 6.45) is 2.08. The van der Waals surface area contributed by atoms with Crippen LogP contribution in [0.3, 0.4) is 0 Å². The molecule has 1 N–H and O–H groups in total. The van der Waals surface area contributed by atoms with Gasteiger partial charge in [0.2, 0.25) is 0 Å². The summed E-state index contributed by atoms with van der Waals surface area (Å²) in [4.78, 5) is 0. The van der Waals surface area contributed by atoms with Gasteiger partial charge >= 0.3 is 0 Å². The number of hydrogen-bond donors (Lipinski definition) is 1. The van der Waals surface area contributed by atoms with Crippen molar-refractivity contribution in [3.63, 3.8) is 0 Å². The van der Waals surface area contributed by atoms with Gasteiger partial charge in [-0.25, -0.2) is 0 Å². The highest BCUT2D eigenvalue weighted by Crippen LogP contribution is 2.58. The second kappa shape index (κ2) is 7.57. The van der Waals surface area contributed by atoms with Crippen LogP contribution in [0, 0.1) is 5.41 Å². The number of aliphatic hydroxyl groups is 1. The number of para-hydroxylation sites is 1. The molecular weight excluding hydrogens is 370 g/mol. The Bertz CT molecular complexity index is 924. The lowest BCUT2D eigenvalue weighted by molar-refractivity contribution is -0.909. The van der Waals surface area contributed by atoms with Gasteiger partial charge in [-0.05, 0) is 23.3 Å². The summed E-state index contributed by atoms with van der Waals surface area (Å²) in [6.45, 7) is 4.94. The lowest BCUT2D eigenvalue weighted by Gasteiger charge is -2.42. The van der Waals surface area contributed by atoms with Crippen LogP contribution in [0.5, 0.6) is 5.75 Å². The maximum Gasteiger partial charge on any atom is 0.137 e. The van der Waals surface area contributed by atoms with Crippen molar-refractivity contribution in [3.8, 4) is 5.75 Å². The Morgan fingerprint density at radius 2 is 1.27 bits per heavy atom. The normalized spacial score (nSPS) is 25.4. The summed E-state index contributed by atoms with van der Waals surface area (Å²) in [5, 5.41) is 12.4. The molecule has 2 aliphatic heterocycles. The summed E-state index contributed by atoms with van der Waals surface area (Å²) < 4.78 is 7.07. The van der Waals surface area contributed by atoms with Crippen LogP contribution in [0.25, 0.3) is 0 Å². The molecule has 2 saturated heterocycles. The van der Waals surface area contributed by atoms with E-state index >= 15 is 0 Å². The highest BCUT2D eigenvalue weighted by Gasteiger charge is 2.65. The van der Waals surface area contributed by atoms with Crippen LogP contribution in [0.2, 0.25) is 0 Å². The van der Waals surface area contributed by atoms with Crippen molar-refractivity contribution in [2.24, 2.45) is 5.41 Å². The zero-order valence-corrected chi connectivity index (χ0v) is 17.4. The molecule has 2 bridgehead atoms. The Kier molecular flexibility index (Phi) is 4.88. The Morgan fingerprint density at radius 3 is 1.80 bits per heavy atom. The molecule has 0 saturated carbocycles. The highest BCUT2D eigenvalue weighted by molar-refractivity contribution is 5.40. The number of nitrogens with zero attached hydrogens (tertiary/aromatic N) is 1. The van der Waals surface area contributed by atoms with E-state index in [0.29, 0.717) is 0 Å². The molecule has 2 aliphatic rings. The molecule has 5 rings (SSSR count). The van der Waals surface area contributed by atoms with Crippen LogP contribution < -0.4 is 4.74 Å². The zero-order valence-electron chi connectivity index (χ0n) is 17.4. The van der Waals surface area contributed by atoms with E-state index in [2.05, 4.69) is 24.3 Å². The number of fused-ring (bicyclic) bond motifs is 2. The van der Waals surface area contributed by atoms with Crippen molar-refractivity contribution in [1.82, 2.24) is 0 Å². The fourth-order valence-electron chi connectivity index (χ4n) is 5.89. The molecule has 0 aliphatic carbocycles. The first-order valence-electron chi connectivity index (χ1n) is 11.0. The molecule has 0 aromatic heterocycles. The highest BCUT2D eigenvalue weighted by atomic mass is 16.5. The third kappa shape index (κ3) is 3.13. The summed E-state index contributed by atoms with van der Waals surface area (Å²) in [5.41, 5.74) is 0.923. The van der Waals surface area contributed by atoms with Gasteiger partial charge in [0.25, 0.3) is 0 Å². The minimum atomic E-state index is -0.966. The second-order valence-corrected chi connectivity index (χ2v) is 9.05. The SMILES string of the molecule is OC(c1ccccc1)(c1ccccc1)C12CC[N+](CCOc3ccccc3)(CC1)C2. The third-order valence-corrected chi connectivity index (χ3v) is 7.50. The van der Waals surface area contributed by atoms with Crippen molar-refractivity contribution in [3.05, 3.63) is 102 Å². The first kappa shape index (κ1) is 19.3. The van der Waals surface area contributed by atoms with Gasteiger partial charge in [0.1, 0.15) is 24.5 Å². The van der Waals surface area contributed by atoms with Gasteiger partial charge in [0.05, 0.1) is 25.0 Å². The minimum Gasteiger partial charge on any atom is -0.488 e. The molecule has 0 unspecified atom stereocenters. The second-order valence-electron chi connectivity index (χ2n) is 9.05. The lowest BCUT2D eigenvalue weighted by Crippen LogP contribution is -2.47. The largest absolute Gasteiger partial charge is 0.488 e. The van der Waals surface area contributed by atoms with Crippen LogP contribution in [0.15, 0.2) is 91.0 Å². The van der Waals surface area contributed by atoms with Crippen LogP contribution in [-0.2, 0) is 5.60 Å². The monoisotopic (exact) mass is 400 g/mol. The number of rotatable bonds is 7. The number of ether oxygens (including phenoxy) is 1. The van der Waals surface area contributed by atoms with E-state index in [4.69, 9.17) is 4.74 Å². The maximum atomic E-state index is 12.4. The van der Waals surface area contributed by atoms with Gasteiger partial charge in [-0.1, -0.05) is 78.9 Å². The fraction of sp³-hybridized carbons (Fsp3) is 0.333. The molecule has 154 valence electrons. The van der Waals surface area contributed by atoms with E-state index in [9.17, 15) is 5.11 Å². The lowest BCUT2D eigenvalue weighted by atomic mass is 9.63. The van der Waals surface area contributed by atoms with Crippen molar-refractivity contribution < 1.29 is 14.3 Å². The average molecular weight is 401 g/mol. The van der Waals surface area contributed by atoms with Crippen molar-refractivity contribution in [2.45, 2.75) is 18.4 Å². The predicted molar refractivity (Wildman–Crippen MR) is 119 cm³/mol. The maximum absolute atomic E-state index is 12.4. The van der Waals surface area contributed by atoms with Gasteiger partial charge in [-0.2, -0.15) is 0 Å². The number of quaternary nitrogens is 1. The Morgan fingerprint density at radius 1 is 0.767 bits per heavy atom. The first-order chi connectivity index (χ1) is 14.7. The Balaban J connectivity index is 1.41. The topological polar surface area (TPSA) is 29.5 Å². The summed E-state index contributed by atoms with van der Waals surface area (Å²) in [7, 11) is 0. The molecule has 2 heterocycles. The molecule has 0 atom stereocenters. The molecule has 0 amide bonds. The molecule has 3 heteroatoms. The van der Waals surface area contributed by atoms with Gasteiger partial charge in [-0.3, -0.25) is 0 Å². The summed E-state index contributed by atoms with van der Waals surface area (Å²) >= 11 is 0. The van der Waals surface area contributed by atoms with E-state index in [1.807, 2.05) is 66.7 Å². The molecule has 3 aromatic rings. The van der Waals surface area contributed by atoms with Gasteiger partial charge in [-0.15, -0.1) is 0 Å². The molecule has 30 heavy (non-hydrogen) atoms. The smallest absolute Gasteiger partial charge is 0.137 e.